The van der Waals surface area contributed by atoms with Crippen LogP contribution in [0.25, 0.3) is 0 Å². The van der Waals surface area contributed by atoms with Crippen molar-refractivity contribution in [1.82, 2.24) is 5.32 Å². The van der Waals surface area contributed by atoms with Crippen LogP contribution < -0.4 is 5.32 Å². The van der Waals surface area contributed by atoms with Crippen molar-refractivity contribution in [2.24, 2.45) is 0 Å². The summed E-state index contributed by atoms with van der Waals surface area (Å²) >= 11 is 0. The van der Waals surface area contributed by atoms with Crippen LogP contribution in [0.15, 0.2) is 0 Å². The van der Waals surface area contributed by atoms with Crippen molar-refractivity contribution >= 4 is 5.91 Å². The molecule has 3 nitrogen and oxygen atoms in total. The Balaban J connectivity index is 3.20. The molecule has 0 radical (unpaired) electrons. The normalized spacial score (nSPS) is 11.7. The highest BCUT2D eigenvalue weighted by Crippen LogP contribution is 2.13. The lowest BCUT2D eigenvalue weighted by Crippen LogP contribution is -2.46. The molecule has 0 aromatic heterocycles. The highest BCUT2D eigenvalue weighted by atomic mass is 16.3. The predicted molar refractivity (Wildman–Crippen MR) is 109 cm³/mol. The largest absolute Gasteiger partial charge is 0.394 e. The summed E-state index contributed by atoms with van der Waals surface area (Å²) in [7, 11) is 0. The Hall–Kier alpha value is -0.570. The van der Waals surface area contributed by atoms with Gasteiger partial charge in [0.2, 0.25) is 5.91 Å². The number of carbonyl (C=O) groups excluding carboxylic acids is 1. The molecule has 25 heavy (non-hydrogen) atoms. The van der Waals surface area contributed by atoms with Crippen LogP contribution in [0.2, 0.25) is 0 Å². The fraction of sp³-hybridized carbons (Fsp3) is 0.955. The number of rotatable bonds is 18. The zero-order valence-corrected chi connectivity index (χ0v) is 17.4. The molecular weight excluding hydrogens is 310 g/mol. The molecule has 0 unspecified atom stereocenters. The van der Waals surface area contributed by atoms with Gasteiger partial charge in [0.1, 0.15) is 0 Å². The zero-order chi connectivity index (χ0) is 18.8. The Kier molecular flexibility index (Phi) is 16.5. The molecule has 0 aliphatic rings. The molecule has 0 heterocycles. The van der Waals surface area contributed by atoms with Crippen molar-refractivity contribution in [3.8, 4) is 0 Å². The summed E-state index contributed by atoms with van der Waals surface area (Å²) in [5.41, 5.74) is -0.493. The van der Waals surface area contributed by atoms with Gasteiger partial charge < -0.3 is 10.4 Å². The minimum atomic E-state index is -0.493. The third-order valence-corrected chi connectivity index (χ3v) is 4.88. The maximum Gasteiger partial charge on any atom is 0.220 e. The summed E-state index contributed by atoms with van der Waals surface area (Å²) in [4.78, 5) is 11.7. The number of aliphatic hydroxyl groups excluding tert-OH is 1. The van der Waals surface area contributed by atoms with E-state index in [1.165, 1.54) is 83.5 Å². The molecule has 150 valence electrons. The van der Waals surface area contributed by atoms with Gasteiger partial charge in [0.05, 0.1) is 12.1 Å². The Labute approximate surface area is 157 Å². The van der Waals surface area contributed by atoms with Gasteiger partial charge in [0.15, 0.2) is 0 Å². The van der Waals surface area contributed by atoms with Crippen LogP contribution in [0.3, 0.4) is 0 Å². The summed E-state index contributed by atoms with van der Waals surface area (Å²) in [6, 6.07) is 0. The average Bonchev–Trinajstić information content (AvgIpc) is 2.58. The minimum absolute atomic E-state index is 0.0163. The highest BCUT2D eigenvalue weighted by molar-refractivity contribution is 5.76. The lowest BCUT2D eigenvalue weighted by molar-refractivity contribution is -0.123. The Bertz CT molecular complexity index is 302. The summed E-state index contributed by atoms with van der Waals surface area (Å²) in [6.07, 6.45) is 20.7. The van der Waals surface area contributed by atoms with Gasteiger partial charge in [-0.1, -0.05) is 96.8 Å². The quantitative estimate of drug-likeness (QED) is 0.290. The van der Waals surface area contributed by atoms with Gasteiger partial charge in [-0.05, 0) is 20.3 Å². The second kappa shape index (κ2) is 16.9. The molecule has 0 rings (SSSR count). The molecule has 0 aromatic carbocycles. The van der Waals surface area contributed by atoms with Crippen LogP contribution in [-0.4, -0.2) is 23.2 Å². The number of amides is 1. The number of aliphatic hydroxyl groups is 1. The molecule has 0 aliphatic carbocycles. The fourth-order valence-corrected chi connectivity index (χ4v) is 3.14. The SMILES string of the molecule is CCCCCCCCCCCCCCCCCC(=O)NC(C)(C)CO. The molecule has 0 saturated heterocycles. The molecular formula is C22H45NO2. The van der Waals surface area contributed by atoms with Gasteiger partial charge in [-0.2, -0.15) is 0 Å². The third kappa shape index (κ3) is 18.0. The van der Waals surface area contributed by atoms with Crippen molar-refractivity contribution in [2.75, 3.05) is 6.61 Å². The van der Waals surface area contributed by atoms with E-state index in [1.807, 2.05) is 13.8 Å². The van der Waals surface area contributed by atoms with Gasteiger partial charge in [-0.3, -0.25) is 4.79 Å². The summed E-state index contributed by atoms with van der Waals surface area (Å²) in [5.74, 6) is 0.0637. The molecule has 2 N–H and O–H groups in total. The lowest BCUT2D eigenvalue weighted by atomic mass is 10.0. The van der Waals surface area contributed by atoms with E-state index in [9.17, 15) is 4.79 Å². The number of carbonyl (C=O) groups is 1. The first-order valence-corrected chi connectivity index (χ1v) is 10.9. The molecule has 0 aliphatic heterocycles. The molecule has 0 fully saturated rings. The first-order chi connectivity index (χ1) is 12.0. The highest BCUT2D eigenvalue weighted by Gasteiger charge is 2.18. The predicted octanol–water partition coefficient (Wildman–Crippen LogP) is 6.14. The smallest absolute Gasteiger partial charge is 0.220 e. The van der Waals surface area contributed by atoms with Crippen LogP contribution in [0.1, 0.15) is 124 Å². The van der Waals surface area contributed by atoms with Crippen molar-refractivity contribution in [2.45, 2.75) is 129 Å². The van der Waals surface area contributed by atoms with Gasteiger partial charge in [-0.15, -0.1) is 0 Å². The van der Waals surface area contributed by atoms with Gasteiger partial charge in [0, 0.05) is 6.42 Å². The average molecular weight is 356 g/mol. The first-order valence-electron chi connectivity index (χ1n) is 10.9. The van der Waals surface area contributed by atoms with Crippen LogP contribution in [-0.2, 0) is 4.79 Å². The van der Waals surface area contributed by atoms with E-state index < -0.39 is 5.54 Å². The van der Waals surface area contributed by atoms with Crippen LogP contribution in [0.4, 0.5) is 0 Å². The second-order valence-electron chi connectivity index (χ2n) is 8.29. The number of unbranched alkanes of at least 4 members (excludes halogenated alkanes) is 14. The van der Waals surface area contributed by atoms with E-state index in [4.69, 9.17) is 5.11 Å². The first kappa shape index (κ1) is 24.4. The van der Waals surface area contributed by atoms with Gasteiger partial charge >= 0.3 is 0 Å². The van der Waals surface area contributed by atoms with E-state index in [2.05, 4.69) is 12.2 Å². The lowest BCUT2D eigenvalue weighted by Gasteiger charge is -2.23. The van der Waals surface area contributed by atoms with Crippen molar-refractivity contribution in [1.29, 1.82) is 0 Å². The fourth-order valence-electron chi connectivity index (χ4n) is 3.14. The molecule has 0 saturated carbocycles. The van der Waals surface area contributed by atoms with Crippen molar-refractivity contribution in [3.05, 3.63) is 0 Å². The van der Waals surface area contributed by atoms with Gasteiger partial charge in [-0.25, -0.2) is 0 Å². The molecule has 0 atom stereocenters. The standard InChI is InChI=1S/C22H45NO2/c1-4-5-6-7-8-9-10-11-12-13-14-15-16-17-18-19-21(25)23-22(2,3)20-24/h24H,4-20H2,1-3H3,(H,23,25). The van der Waals surface area contributed by atoms with Gasteiger partial charge in [0.25, 0.3) is 0 Å². The Morgan fingerprint density at radius 2 is 1.08 bits per heavy atom. The molecule has 1 amide bonds. The number of hydrogen-bond acceptors (Lipinski definition) is 2. The molecule has 0 spiro atoms. The molecule has 0 aromatic rings. The minimum Gasteiger partial charge on any atom is -0.394 e. The van der Waals surface area contributed by atoms with E-state index in [1.54, 1.807) is 0 Å². The summed E-state index contributed by atoms with van der Waals surface area (Å²) in [5, 5.41) is 12.0. The monoisotopic (exact) mass is 355 g/mol. The zero-order valence-electron chi connectivity index (χ0n) is 17.4. The van der Waals surface area contributed by atoms with E-state index in [-0.39, 0.29) is 12.5 Å². The number of hydrogen-bond donors (Lipinski definition) is 2. The van der Waals surface area contributed by atoms with Crippen molar-refractivity contribution < 1.29 is 9.90 Å². The molecule has 0 bridgehead atoms. The Morgan fingerprint density at radius 3 is 1.44 bits per heavy atom. The maximum absolute atomic E-state index is 11.7. The maximum atomic E-state index is 11.7. The van der Waals surface area contributed by atoms with E-state index >= 15 is 0 Å². The topological polar surface area (TPSA) is 49.3 Å². The van der Waals surface area contributed by atoms with Crippen LogP contribution in [0, 0.1) is 0 Å². The van der Waals surface area contributed by atoms with E-state index in [0.29, 0.717) is 6.42 Å². The summed E-state index contributed by atoms with van der Waals surface area (Å²) in [6.45, 7) is 5.95. The van der Waals surface area contributed by atoms with Crippen LogP contribution in [0.5, 0.6) is 0 Å². The second-order valence-corrected chi connectivity index (χ2v) is 8.29. The third-order valence-electron chi connectivity index (χ3n) is 4.88. The van der Waals surface area contributed by atoms with Crippen LogP contribution >= 0.6 is 0 Å². The van der Waals surface area contributed by atoms with E-state index in [0.717, 1.165) is 12.8 Å². The van der Waals surface area contributed by atoms with Crippen molar-refractivity contribution in [3.63, 3.8) is 0 Å². The number of nitrogens with one attached hydrogen (secondary N) is 1. The molecule has 3 heteroatoms. The Morgan fingerprint density at radius 1 is 0.720 bits per heavy atom. The summed E-state index contributed by atoms with van der Waals surface area (Å²) < 4.78 is 0.